The molecular formula is C23H25N5O2S2. The zero-order chi connectivity index (χ0) is 22.7. The van der Waals surface area contributed by atoms with E-state index in [2.05, 4.69) is 46.5 Å². The SMILES string of the molecule is Cc1ccc(C(C)C)c(OCc2nnc(SCC(=O)Nc3nc4ccccc4s3)n2C)c1. The van der Waals surface area contributed by atoms with Crippen molar-refractivity contribution in [3.8, 4) is 5.75 Å². The van der Waals surface area contributed by atoms with Crippen molar-refractivity contribution in [1.29, 1.82) is 0 Å². The van der Waals surface area contributed by atoms with Crippen LogP contribution in [0.1, 0.15) is 36.7 Å². The molecule has 166 valence electrons. The largest absolute Gasteiger partial charge is 0.485 e. The normalized spacial score (nSPS) is 11.3. The van der Waals surface area contributed by atoms with Crippen LogP contribution in [0.5, 0.6) is 5.75 Å². The zero-order valence-electron chi connectivity index (χ0n) is 18.5. The van der Waals surface area contributed by atoms with Crippen LogP contribution in [0.2, 0.25) is 0 Å². The molecule has 1 amide bonds. The molecule has 0 radical (unpaired) electrons. The summed E-state index contributed by atoms with van der Waals surface area (Å²) in [7, 11) is 1.88. The summed E-state index contributed by atoms with van der Waals surface area (Å²) in [6.07, 6.45) is 0. The molecule has 0 atom stereocenters. The van der Waals surface area contributed by atoms with Gasteiger partial charge in [0.15, 0.2) is 16.1 Å². The molecule has 7 nitrogen and oxygen atoms in total. The fraction of sp³-hybridized carbons (Fsp3) is 0.304. The number of ether oxygens (including phenoxy) is 1. The Bertz CT molecular complexity index is 1220. The summed E-state index contributed by atoms with van der Waals surface area (Å²) in [6, 6.07) is 14.1. The Hall–Kier alpha value is -2.91. The maximum Gasteiger partial charge on any atom is 0.236 e. The van der Waals surface area contributed by atoms with Crippen LogP contribution in [0.3, 0.4) is 0 Å². The van der Waals surface area contributed by atoms with Gasteiger partial charge in [0.2, 0.25) is 5.91 Å². The van der Waals surface area contributed by atoms with Gasteiger partial charge < -0.3 is 14.6 Å². The standard InChI is InChI=1S/C23H25N5O2S2/c1-14(2)16-10-9-15(3)11-18(16)30-12-20-26-27-23(28(20)4)31-13-21(29)25-22-24-17-7-5-6-8-19(17)32-22/h5-11,14H,12-13H2,1-4H3,(H,24,25,29). The Labute approximate surface area is 195 Å². The topological polar surface area (TPSA) is 81.9 Å². The van der Waals surface area contributed by atoms with Crippen LogP contribution in [0.4, 0.5) is 5.13 Å². The first-order chi connectivity index (χ1) is 15.4. The predicted octanol–water partition coefficient (Wildman–Crippen LogP) is 5.17. The number of rotatable bonds is 8. The Morgan fingerprint density at radius 1 is 1.22 bits per heavy atom. The van der Waals surface area contributed by atoms with E-state index in [-0.39, 0.29) is 11.7 Å². The molecule has 0 aliphatic carbocycles. The number of benzene rings is 2. The lowest BCUT2D eigenvalue weighted by Crippen LogP contribution is -2.14. The molecule has 0 saturated carbocycles. The number of aryl methyl sites for hydroxylation is 1. The molecule has 0 aliphatic heterocycles. The molecule has 0 unspecified atom stereocenters. The second-order valence-electron chi connectivity index (χ2n) is 7.77. The van der Waals surface area contributed by atoms with Gasteiger partial charge >= 0.3 is 0 Å². The average Bonchev–Trinajstić information content (AvgIpc) is 3.33. The van der Waals surface area contributed by atoms with Gasteiger partial charge in [-0.3, -0.25) is 4.79 Å². The monoisotopic (exact) mass is 467 g/mol. The van der Waals surface area contributed by atoms with E-state index in [4.69, 9.17) is 4.74 Å². The van der Waals surface area contributed by atoms with Gasteiger partial charge in [-0.15, -0.1) is 10.2 Å². The highest BCUT2D eigenvalue weighted by Gasteiger charge is 2.15. The molecule has 0 spiro atoms. The van der Waals surface area contributed by atoms with Crippen molar-refractivity contribution in [3.63, 3.8) is 0 Å². The first-order valence-electron chi connectivity index (χ1n) is 10.3. The van der Waals surface area contributed by atoms with Crippen LogP contribution in [0, 0.1) is 6.92 Å². The van der Waals surface area contributed by atoms with Gasteiger partial charge in [0.05, 0.1) is 16.0 Å². The number of amides is 1. The van der Waals surface area contributed by atoms with Crippen LogP contribution in [0.25, 0.3) is 10.2 Å². The molecule has 9 heteroatoms. The summed E-state index contributed by atoms with van der Waals surface area (Å²) < 4.78 is 8.98. The van der Waals surface area contributed by atoms with Gasteiger partial charge in [0, 0.05) is 7.05 Å². The quantitative estimate of drug-likeness (QED) is 0.360. The van der Waals surface area contributed by atoms with E-state index in [1.54, 1.807) is 0 Å². The summed E-state index contributed by atoms with van der Waals surface area (Å²) in [5.41, 5.74) is 3.20. The van der Waals surface area contributed by atoms with E-state index in [0.29, 0.717) is 28.6 Å². The third-order valence-corrected chi connectivity index (χ3v) is 6.92. The minimum atomic E-state index is -0.129. The van der Waals surface area contributed by atoms with E-state index >= 15 is 0 Å². The van der Waals surface area contributed by atoms with Crippen molar-refractivity contribution in [1.82, 2.24) is 19.7 Å². The van der Waals surface area contributed by atoms with Gasteiger partial charge in [-0.25, -0.2) is 4.98 Å². The smallest absolute Gasteiger partial charge is 0.236 e. The third kappa shape index (κ3) is 5.11. The number of fused-ring (bicyclic) bond motifs is 1. The highest BCUT2D eigenvalue weighted by Crippen LogP contribution is 2.29. The van der Waals surface area contributed by atoms with Gasteiger partial charge in [-0.2, -0.15) is 0 Å². The Morgan fingerprint density at radius 3 is 2.81 bits per heavy atom. The molecule has 0 fully saturated rings. The molecule has 1 N–H and O–H groups in total. The third-order valence-electron chi connectivity index (χ3n) is 4.95. The summed E-state index contributed by atoms with van der Waals surface area (Å²) in [5, 5.41) is 12.6. The van der Waals surface area contributed by atoms with Crippen molar-refractivity contribution in [3.05, 3.63) is 59.4 Å². The first kappa shape index (κ1) is 22.3. The lowest BCUT2D eigenvalue weighted by molar-refractivity contribution is -0.113. The summed E-state index contributed by atoms with van der Waals surface area (Å²) in [6.45, 7) is 6.65. The lowest BCUT2D eigenvalue weighted by Gasteiger charge is -2.14. The lowest BCUT2D eigenvalue weighted by atomic mass is 10.0. The average molecular weight is 468 g/mol. The van der Waals surface area contributed by atoms with Crippen molar-refractivity contribution < 1.29 is 9.53 Å². The minimum absolute atomic E-state index is 0.129. The van der Waals surface area contributed by atoms with Crippen molar-refractivity contribution in [2.75, 3.05) is 11.1 Å². The molecule has 32 heavy (non-hydrogen) atoms. The van der Waals surface area contributed by atoms with Gasteiger partial charge in [-0.1, -0.05) is 61.2 Å². The van der Waals surface area contributed by atoms with Crippen LogP contribution in [0.15, 0.2) is 47.6 Å². The van der Waals surface area contributed by atoms with E-state index in [9.17, 15) is 4.79 Å². The number of para-hydroxylation sites is 1. The summed E-state index contributed by atoms with van der Waals surface area (Å²) in [5.74, 6) is 2.03. The van der Waals surface area contributed by atoms with Gasteiger partial charge in [0.1, 0.15) is 12.4 Å². The zero-order valence-corrected chi connectivity index (χ0v) is 20.1. The molecule has 2 aromatic heterocycles. The molecular weight excluding hydrogens is 442 g/mol. The minimum Gasteiger partial charge on any atom is -0.485 e. The predicted molar refractivity (Wildman–Crippen MR) is 130 cm³/mol. The number of carbonyl (C=O) groups is 1. The molecule has 0 saturated heterocycles. The number of nitrogens with one attached hydrogen (secondary N) is 1. The van der Waals surface area contributed by atoms with Crippen LogP contribution < -0.4 is 10.1 Å². The van der Waals surface area contributed by atoms with E-state index in [1.807, 2.05) is 48.9 Å². The Kier molecular flexibility index (Phi) is 6.76. The number of aromatic nitrogens is 4. The van der Waals surface area contributed by atoms with E-state index in [1.165, 1.54) is 28.7 Å². The van der Waals surface area contributed by atoms with Gasteiger partial charge in [-0.05, 0) is 42.2 Å². The first-order valence-corrected chi connectivity index (χ1v) is 12.1. The number of nitrogens with zero attached hydrogens (tertiary/aromatic N) is 4. The van der Waals surface area contributed by atoms with Crippen LogP contribution >= 0.6 is 23.1 Å². The van der Waals surface area contributed by atoms with Crippen molar-refractivity contribution >= 4 is 44.4 Å². The molecule has 4 rings (SSSR count). The highest BCUT2D eigenvalue weighted by atomic mass is 32.2. The van der Waals surface area contributed by atoms with Crippen molar-refractivity contribution in [2.24, 2.45) is 7.05 Å². The second-order valence-corrected chi connectivity index (χ2v) is 9.74. The fourth-order valence-corrected chi connectivity index (χ4v) is 4.81. The summed E-state index contributed by atoms with van der Waals surface area (Å²) in [4.78, 5) is 16.8. The number of hydrogen-bond acceptors (Lipinski definition) is 7. The van der Waals surface area contributed by atoms with E-state index in [0.717, 1.165) is 21.5 Å². The molecule has 0 bridgehead atoms. The number of hydrogen-bond donors (Lipinski definition) is 1. The fourth-order valence-electron chi connectivity index (χ4n) is 3.19. The number of thioether (sulfide) groups is 1. The highest BCUT2D eigenvalue weighted by molar-refractivity contribution is 7.99. The second kappa shape index (κ2) is 9.70. The number of anilines is 1. The molecule has 0 aliphatic rings. The molecule has 2 heterocycles. The maximum atomic E-state index is 12.4. The maximum absolute atomic E-state index is 12.4. The number of thiazole rings is 1. The Morgan fingerprint density at radius 2 is 2.03 bits per heavy atom. The van der Waals surface area contributed by atoms with Crippen LogP contribution in [-0.4, -0.2) is 31.4 Å². The Balaban J connectivity index is 1.35. The summed E-state index contributed by atoms with van der Waals surface area (Å²) >= 11 is 2.79. The molecule has 4 aromatic rings. The molecule has 2 aromatic carbocycles. The van der Waals surface area contributed by atoms with E-state index < -0.39 is 0 Å². The van der Waals surface area contributed by atoms with Gasteiger partial charge in [0.25, 0.3) is 0 Å². The number of carbonyl (C=O) groups excluding carboxylic acids is 1. The van der Waals surface area contributed by atoms with Crippen LogP contribution in [-0.2, 0) is 18.4 Å². The van der Waals surface area contributed by atoms with Crippen molar-refractivity contribution in [2.45, 2.75) is 38.5 Å².